The topological polar surface area (TPSA) is 92.9 Å². The maximum Gasteiger partial charge on any atom is 0.234 e. The van der Waals surface area contributed by atoms with E-state index in [0.29, 0.717) is 31.0 Å². The third-order valence-electron chi connectivity index (χ3n) is 7.44. The number of aromatic nitrogens is 1. The van der Waals surface area contributed by atoms with E-state index in [9.17, 15) is 9.59 Å². The summed E-state index contributed by atoms with van der Waals surface area (Å²) in [5, 5.41) is 4.22. The number of anilines is 1. The first-order valence-corrected chi connectivity index (χ1v) is 11.5. The highest BCUT2D eigenvalue weighted by atomic mass is 16.7. The second-order valence-electron chi connectivity index (χ2n) is 9.26. The van der Waals surface area contributed by atoms with Crippen molar-refractivity contribution in [2.75, 3.05) is 24.8 Å². The summed E-state index contributed by atoms with van der Waals surface area (Å²) in [5.74, 6) is -0.0320. The Bertz CT molecular complexity index is 1360. The molecule has 0 saturated carbocycles. The predicted octanol–water partition coefficient (Wildman–Crippen LogP) is 2.54. The Kier molecular flexibility index (Phi) is 4.11. The van der Waals surface area contributed by atoms with Gasteiger partial charge < -0.3 is 29.4 Å². The Labute approximate surface area is 195 Å². The van der Waals surface area contributed by atoms with Gasteiger partial charge in [-0.25, -0.2) is 0 Å². The minimum atomic E-state index is -0.767. The highest BCUT2D eigenvalue weighted by Gasteiger charge is 2.67. The fraction of sp³-hybridized carbons (Fsp3) is 0.308. The molecule has 8 heteroatoms. The summed E-state index contributed by atoms with van der Waals surface area (Å²) in [6.45, 7) is 1.04. The van der Waals surface area contributed by atoms with E-state index in [1.165, 1.54) is 0 Å². The molecule has 34 heavy (non-hydrogen) atoms. The van der Waals surface area contributed by atoms with Crippen LogP contribution in [0.25, 0.3) is 10.9 Å². The number of ether oxygens (including phenoxy) is 3. The summed E-state index contributed by atoms with van der Waals surface area (Å²) in [5.41, 5.74) is 2.19. The first-order valence-electron chi connectivity index (χ1n) is 11.5. The van der Waals surface area contributed by atoms with Gasteiger partial charge in [0.1, 0.15) is 5.60 Å². The van der Waals surface area contributed by atoms with E-state index in [2.05, 4.69) is 16.4 Å². The van der Waals surface area contributed by atoms with Crippen LogP contribution in [-0.4, -0.2) is 48.4 Å². The molecule has 1 aromatic heterocycles. The van der Waals surface area contributed by atoms with Gasteiger partial charge in [0.15, 0.2) is 11.5 Å². The van der Waals surface area contributed by atoms with Crippen molar-refractivity contribution >= 4 is 28.4 Å². The minimum absolute atomic E-state index is 0.0949. The molecule has 172 valence electrons. The van der Waals surface area contributed by atoms with Gasteiger partial charge in [-0.05, 0) is 30.2 Å². The SMILES string of the molecule is O=C(NCCc1c[nH]c2ccccc12)[C@@H]1[C@H]2C(=O)N(c3ccc4c(c3)OCO4)C[C@@]23C=C[C@H]1O3. The van der Waals surface area contributed by atoms with Crippen molar-refractivity contribution < 1.29 is 23.8 Å². The van der Waals surface area contributed by atoms with Crippen LogP contribution in [0.1, 0.15) is 5.56 Å². The van der Waals surface area contributed by atoms with Crippen LogP contribution >= 0.6 is 0 Å². The van der Waals surface area contributed by atoms with Gasteiger partial charge in [-0.2, -0.15) is 0 Å². The number of hydrogen-bond acceptors (Lipinski definition) is 5. The Morgan fingerprint density at radius 1 is 1.18 bits per heavy atom. The standard InChI is InChI=1S/C26H23N3O5/c30-24(27-10-8-15-12-28-18-4-2-1-3-17(15)18)22-20-7-9-26(34-20)13-29(25(31)23(22)26)16-5-6-19-21(11-16)33-14-32-19/h1-7,9,11-12,20,22-23,28H,8,10,13-14H2,(H,27,30)/t20-,22+,23+,26+/m1/s1. The maximum atomic E-state index is 13.5. The van der Waals surface area contributed by atoms with E-state index < -0.39 is 17.4 Å². The number of nitrogens with one attached hydrogen (secondary N) is 2. The fourth-order valence-corrected chi connectivity index (χ4v) is 5.85. The molecule has 7 rings (SSSR count). The third kappa shape index (κ3) is 2.75. The van der Waals surface area contributed by atoms with Gasteiger partial charge in [0.25, 0.3) is 0 Å². The van der Waals surface area contributed by atoms with Crippen LogP contribution in [0.15, 0.2) is 60.8 Å². The van der Waals surface area contributed by atoms with Gasteiger partial charge >= 0.3 is 0 Å². The molecular weight excluding hydrogens is 434 g/mol. The van der Waals surface area contributed by atoms with E-state index in [0.717, 1.165) is 22.2 Å². The number of nitrogens with zero attached hydrogens (tertiary/aromatic N) is 1. The monoisotopic (exact) mass is 457 g/mol. The lowest BCUT2D eigenvalue weighted by Gasteiger charge is -2.23. The van der Waals surface area contributed by atoms with Crippen molar-refractivity contribution in [3.63, 3.8) is 0 Å². The second-order valence-corrected chi connectivity index (χ2v) is 9.26. The molecule has 0 aliphatic carbocycles. The number of carbonyl (C=O) groups excluding carboxylic acids is 2. The fourth-order valence-electron chi connectivity index (χ4n) is 5.85. The predicted molar refractivity (Wildman–Crippen MR) is 124 cm³/mol. The number of aromatic amines is 1. The molecule has 4 aliphatic heterocycles. The molecule has 2 amide bonds. The number of H-pyrrole nitrogens is 1. The van der Waals surface area contributed by atoms with E-state index in [1.807, 2.05) is 48.7 Å². The number of benzene rings is 2. The Hall–Kier alpha value is -3.78. The number of para-hydroxylation sites is 1. The largest absolute Gasteiger partial charge is 0.454 e. The number of amides is 2. The van der Waals surface area contributed by atoms with Crippen LogP contribution in [0, 0.1) is 11.8 Å². The van der Waals surface area contributed by atoms with Gasteiger partial charge in [-0.1, -0.05) is 30.4 Å². The lowest BCUT2D eigenvalue weighted by molar-refractivity contribution is -0.131. The highest BCUT2D eigenvalue weighted by molar-refractivity contribution is 6.03. The molecule has 2 fully saturated rings. The lowest BCUT2D eigenvalue weighted by Crippen LogP contribution is -2.44. The van der Waals surface area contributed by atoms with Gasteiger partial charge in [-0.3, -0.25) is 9.59 Å². The van der Waals surface area contributed by atoms with Crippen LogP contribution in [0.3, 0.4) is 0 Å². The van der Waals surface area contributed by atoms with Crippen molar-refractivity contribution in [2.24, 2.45) is 11.8 Å². The molecule has 2 saturated heterocycles. The van der Waals surface area contributed by atoms with Crippen molar-refractivity contribution in [2.45, 2.75) is 18.1 Å². The van der Waals surface area contributed by atoms with Crippen molar-refractivity contribution in [1.82, 2.24) is 10.3 Å². The first-order chi connectivity index (χ1) is 16.6. The van der Waals surface area contributed by atoms with E-state index in [4.69, 9.17) is 14.2 Å². The average Bonchev–Trinajstić information content (AvgIpc) is 3.66. The van der Waals surface area contributed by atoms with Crippen LogP contribution < -0.4 is 19.7 Å². The van der Waals surface area contributed by atoms with Crippen molar-refractivity contribution in [1.29, 1.82) is 0 Å². The molecule has 2 N–H and O–H groups in total. The third-order valence-corrected chi connectivity index (χ3v) is 7.44. The smallest absolute Gasteiger partial charge is 0.234 e. The molecular formula is C26H23N3O5. The normalized spacial score (nSPS) is 28.2. The summed E-state index contributed by atoms with van der Waals surface area (Å²) in [6, 6.07) is 13.6. The Morgan fingerprint density at radius 3 is 3.00 bits per heavy atom. The molecule has 8 nitrogen and oxygen atoms in total. The summed E-state index contributed by atoms with van der Waals surface area (Å²) < 4.78 is 17.1. The quantitative estimate of drug-likeness (QED) is 0.575. The van der Waals surface area contributed by atoms with E-state index >= 15 is 0 Å². The van der Waals surface area contributed by atoms with Crippen LogP contribution in [0.5, 0.6) is 11.5 Å². The first kappa shape index (κ1) is 19.7. The van der Waals surface area contributed by atoms with Crippen LogP contribution in [0.2, 0.25) is 0 Å². The summed E-state index contributed by atoms with van der Waals surface area (Å²) >= 11 is 0. The van der Waals surface area contributed by atoms with Crippen molar-refractivity contribution in [3.05, 3.63) is 66.4 Å². The molecule has 2 aromatic carbocycles. The van der Waals surface area contributed by atoms with E-state index in [-0.39, 0.29) is 24.7 Å². The van der Waals surface area contributed by atoms with Gasteiger partial charge in [0, 0.05) is 35.4 Å². The number of carbonyl (C=O) groups is 2. The molecule has 0 radical (unpaired) electrons. The maximum absolute atomic E-state index is 13.5. The molecule has 4 aliphatic rings. The molecule has 2 bridgehead atoms. The number of rotatable bonds is 5. The van der Waals surface area contributed by atoms with Gasteiger partial charge in [-0.15, -0.1) is 0 Å². The zero-order chi connectivity index (χ0) is 22.9. The molecule has 4 atom stereocenters. The van der Waals surface area contributed by atoms with Gasteiger partial charge in [0.05, 0.1) is 24.5 Å². The highest BCUT2D eigenvalue weighted by Crippen LogP contribution is 2.53. The number of hydrogen-bond donors (Lipinski definition) is 2. The second kappa shape index (κ2) is 7.11. The molecule has 5 heterocycles. The van der Waals surface area contributed by atoms with Crippen molar-refractivity contribution in [3.8, 4) is 11.5 Å². The zero-order valence-corrected chi connectivity index (χ0v) is 18.3. The van der Waals surface area contributed by atoms with Crippen LogP contribution in [-0.2, 0) is 20.7 Å². The summed E-state index contributed by atoms with van der Waals surface area (Å²) in [7, 11) is 0. The average molecular weight is 457 g/mol. The molecule has 0 unspecified atom stereocenters. The van der Waals surface area contributed by atoms with Crippen LogP contribution in [0.4, 0.5) is 5.69 Å². The number of fused-ring (bicyclic) bond motifs is 3. The Balaban J connectivity index is 1.08. The minimum Gasteiger partial charge on any atom is -0.454 e. The van der Waals surface area contributed by atoms with Gasteiger partial charge in [0.2, 0.25) is 18.6 Å². The Morgan fingerprint density at radius 2 is 2.06 bits per heavy atom. The summed E-state index contributed by atoms with van der Waals surface area (Å²) in [6.07, 6.45) is 6.20. The lowest BCUT2D eigenvalue weighted by atomic mass is 9.77. The van der Waals surface area contributed by atoms with E-state index in [1.54, 1.807) is 11.0 Å². The zero-order valence-electron chi connectivity index (χ0n) is 18.3. The molecule has 1 spiro atoms. The summed E-state index contributed by atoms with van der Waals surface area (Å²) in [4.78, 5) is 31.8. The molecule has 3 aromatic rings.